The second-order valence-corrected chi connectivity index (χ2v) is 19.0. The Morgan fingerprint density at radius 2 is 1.80 bits per heavy atom. The summed E-state index contributed by atoms with van der Waals surface area (Å²) in [7, 11) is -0.778. The van der Waals surface area contributed by atoms with E-state index in [1.165, 1.54) is 18.1 Å². The van der Waals surface area contributed by atoms with Gasteiger partial charge < -0.3 is 29.7 Å². The molecule has 2 saturated carbocycles. The van der Waals surface area contributed by atoms with Gasteiger partial charge in [0.25, 0.3) is 5.91 Å². The predicted molar refractivity (Wildman–Crippen MR) is 204 cm³/mol. The van der Waals surface area contributed by atoms with Gasteiger partial charge in [-0.3, -0.25) is 19.1 Å². The smallest absolute Gasteiger partial charge is 0.407 e. The summed E-state index contributed by atoms with van der Waals surface area (Å²) in [4.78, 5) is 57.7. The molecule has 4 amide bonds. The Bertz CT molecular complexity index is 2020. The van der Waals surface area contributed by atoms with Gasteiger partial charge in [0.05, 0.1) is 25.5 Å². The molecule has 0 radical (unpaired) electrons. The van der Waals surface area contributed by atoms with Crippen LogP contribution >= 0.6 is 0 Å². The van der Waals surface area contributed by atoms with E-state index >= 15 is 0 Å². The lowest BCUT2D eigenvalue weighted by atomic mass is 9.85. The number of sulfonamides is 1. The number of hydrogen-bond donors (Lipinski definition) is 3. The number of carbonyl (C=O) groups excluding carboxylic acids is 4. The van der Waals surface area contributed by atoms with Crippen molar-refractivity contribution in [2.75, 3.05) is 27.4 Å². The topological polar surface area (TPSA) is 169 Å². The Morgan fingerprint density at radius 1 is 1.07 bits per heavy atom. The Kier molecular flexibility index (Phi) is 10.2. The molecular formula is C40H52N4O9S. The highest BCUT2D eigenvalue weighted by Gasteiger charge is 2.62. The molecule has 292 valence electrons. The molecule has 2 aliphatic carbocycles. The van der Waals surface area contributed by atoms with Crippen LogP contribution in [0.15, 0.2) is 49.1 Å². The molecule has 4 aliphatic rings. The van der Waals surface area contributed by atoms with Crippen molar-refractivity contribution in [2.24, 2.45) is 16.7 Å². The van der Waals surface area contributed by atoms with Crippen molar-refractivity contribution in [3.63, 3.8) is 0 Å². The first-order chi connectivity index (χ1) is 25.3. The Balaban J connectivity index is 1.44. The van der Waals surface area contributed by atoms with Crippen molar-refractivity contribution in [3.05, 3.63) is 60.2 Å². The lowest BCUT2D eigenvalue weighted by Gasteiger charge is -2.36. The molecular weight excluding hydrogens is 713 g/mol. The average Bonchev–Trinajstić information content (AvgIpc) is 4.04. The molecule has 3 fully saturated rings. The highest BCUT2D eigenvalue weighted by molar-refractivity contribution is 7.91. The summed E-state index contributed by atoms with van der Waals surface area (Å²) in [5, 5.41) is 6.78. The Hall–Kier alpha value is -4.43. The zero-order valence-corrected chi connectivity index (χ0v) is 32.9. The van der Waals surface area contributed by atoms with Gasteiger partial charge >= 0.3 is 6.09 Å². The number of cyclic esters (lactones) is 1. The maximum atomic E-state index is 14.8. The van der Waals surface area contributed by atoms with Crippen molar-refractivity contribution >= 4 is 50.7 Å². The Morgan fingerprint density at radius 3 is 2.41 bits per heavy atom. The molecule has 2 heterocycles. The number of carbonyl (C=O) groups is 4. The molecule has 5 atom stereocenters. The molecule has 6 rings (SSSR count). The molecule has 0 aromatic heterocycles. The molecule has 13 nitrogen and oxygen atoms in total. The van der Waals surface area contributed by atoms with Gasteiger partial charge in [-0.2, -0.15) is 0 Å². The van der Waals surface area contributed by atoms with E-state index in [4.69, 9.17) is 14.2 Å². The molecule has 3 N–H and O–H groups in total. The van der Waals surface area contributed by atoms with Gasteiger partial charge in [0.15, 0.2) is 0 Å². The number of nitrogens with one attached hydrogen (secondary N) is 3. The first-order valence-electron chi connectivity index (χ1n) is 18.4. The van der Waals surface area contributed by atoms with E-state index in [0.717, 1.165) is 16.3 Å². The summed E-state index contributed by atoms with van der Waals surface area (Å²) in [5.41, 5.74) is -2.47. The number of benzene rings is 2. The molecule has 2 aromatic rings. The van der Waals surface area contributed by atoms with Crippen LogP contribution in [-0.2, 0) is 39.5 Å². The number of rotatable bonds is 8. The minimum Gasteiger partial charge on any atom is -0.496 e. The second-order valence-electron chi connectivity index (χ2n) is 17.0. The fourth-order valence-electron chi connectivity index (χ4n) is 7.52. The average molecular weight is 765 g/mol. The third-order valence-electron chi connectivity index (χ3n) is 11.2. The van der Waals surface area contributed by atoms with E-state index in [2.05, 4.69) is 21.9 Å². The van der Waals surface area contributed by atoms with E-state index in [9.17, 15) is 27.6 Å². The van der Waals surface area contributed by atoms with Crippen LogP contribution in [0.1, 0.15) is 77.8 Å². The first kappa shape index (κ1) is 39.3. The standard InChI is InChI=1S/C40H52N4O9S/c1-9-27-20-40(27,35(47)43-54(49,50)29-14-15-29)42-33(45)30-21-39(52-8)22-44(30)34(46)32(37(2,3)4)41-36(48)53-23-38(5,6)16-10-11-25-17-26-18-28(39)13-12-24(26)19-31(25)51-7/h9-13,17-19,27,29-30,32H,1,14-16,20-23H2,2-8H3,(H,41,48)(H,42,45)(H,43,47)/b11-10-/t27-,30+,32-,39+,40-/m1/s1. The summed E-state index contributed by atoms with van der Waals surface area (Å²) in [6.45, 7) is 13.2. The fourth-order valence-corrected chi connectivity index (χ4v) is 8.88. The van der Waals surface area contributed by atoms with Gasteiger partial charge in [-0.25, -0.2) is 13.2 Å². The van der Waals surface area contributed by atoms with Crippen molar-refractivity contribution in [1.82, 2.24) is 20.3 Å². The maximum Gasteiger partial charge on any atom is 0.407 e. The van der Waals surface area contributed by atoms with Crippen LogP contribution in [0.25, 0.3) is 16.8 Å². The number of ether oxygens (including phenoxy) is 3. The molecule has 0 spiro atoms. The summed E-state index contributed by atoms with van der Waals surface area (Å²) in [5.74, 6) is -1.89. The second kappa shape index (κ2) is 14.0. The lowest BCUT2D eigenvalue weighted by molar-refractivity contribution is -0.143. The molecule has 0 unspecified atom stereocenters. The molecule has 54 heavy (non-hydrogen) atoms. The molecule has 2 aromatic carbocycles. The van der Waals surface area contributed by atoms with Crippen LogP contribution in [-0.4, -0.2) is 87.4 Å². The third kappa shape index (κ3) is 7.59. The molecule has 14 heteroatoms. The normalized spacial score (nSPS) is 29.1. The van der Waals surface area contributed by atoms with Crippen molar-refractivity contribution in [1.29, 1.82) is 0 Å². The van der Waals surface area contributed by atoms with Gasteiger partial charge in [-0.1, -0.05) is 65.0 Å². The van der Waals surface area contributed by atoms with Crippen LogP contribution in [0.3, 0.4) is 0 Å². The van der Waals surface area contributed by atoms with Crippen LogP contribution in [0.2, 0.25) is 0 Å². The molecule has 5 bridgehead atoms. The van der Waals surface area contributed by atoms with Gasteiger partial charge in [-0.15, -0.1) is 6.58 Å². The van der Waals surface area contributed by atoms with Crippen molar-refractivity contribution in [3.8, 4) is 5.75 Å². The third-order valence-corrected chi connectivity index (χ3v) is 13.0. The maximum absolute atomic E-state index is 14.8. The van der Waals surface area contributed by atoms with Gasteiger partial charge in [0.2, 0.25) is 21.8 Å². The summed E-state index contributed by atoms with van der Waals surface area (Å²) in [6.07, 6.45) is 6.37. The number of fused-ring (bicyclic) bond motifs is 5. The zero-order chi connectivity index (χ0) is 39.4. The van der Waals surface area contributed by atoms with E-state index in [1.807, 2.05) is 56.3 Å². The number of alkyl carbamates (subject to hydrolysis) is 1. The van der Waals surface area contributed by atoms with Gasteiger partial charge in [-0.05, 0) is 65.6 Å². The highest BCUT2D eigenvalue weighted by Crippen LogP contribution is 2.47. The van der Waals surface area contributed by atoms with Gasteiger partial charge in [0, 0.05) is 30.4 Å². The summed E-state index contributed by atoms with van der Waals surface area (Å²) >= 11 is 0. The van der Waals surface area contributed by atoms with Crippen molar-refractivity contribution < 1.29 is 41.8 Å². The highest BCUT2D eigenvalue weighted by atomic mass is 32.2. The first-order valence-corrected chi connectivity index (χ1v) is 19.9. The van der Waals surface area contributed by atoms with Gasteiger partial charge in [0.1, 0.15) is 29.0 Å². The van der Waals surface area contributed by atoms with Crippen LogP contribution < -0.4 is 20.1 Å². The largest absolute Gasteiger partial charge is 0.496 e. The van der Waals surface area contributed by atoms with E-state index in [0.29, 0.717) is 30.6 Å². The fraction of sp³-hybridized carbons (Fsp3) is 0.550. The number of methoxy groups -OCH3 is 2. The number of amides is 4. The van der Waals surface area contributed by atoms with Crippen LogP contribution in [0, 0.1) is 16.7 Å². The van der Waals surface area contributed by atoms with E-state index in [1.54, 1.807) is 27.9 Å². The minimum absolute atomic E-state index is 0.00181. The SMILES string of the molecule is C=C[C@@H]1C[C@]1(NC(=O)[C@@H]1C[C@]2(OC)CN1C(=O)[C@H](C(C)(C)C)NC(=O)OCC(C)(C)C/C=C\c1cc3cc2ccc3cc1OC)C(=O)NS(=O)(=O)C1CC1. The van der Waals surface area contributed by atoms with Crippen LogP contribution in [0.4, 0.5) is 4.79 Å². The van der Waals surface area contributed by atoms with Crippen LogP contribution in [0.5, 0.6) is 5.75 Å². The minimum atomic E-state index is -3.91. The summed E-state index contributed by atoms with van der Waals surface area (Å²) < 4.78 is 45.4. The summed E-state index contributed by atoms with van der Waals surface area (Å²) in [6, 6.07) is 7.48. The number of allylic oxidation sites excluding steroid dienone is 1. The van der Waals surface area contributed by atoms with E-state index in [-0.39, 0.29) is 26.0 Å². The molecule has 2 aliphatic heterocycles. The number of nitrogens with zero attached hydrogens (tertiary/aromatic N) is 1. The number of hydrogen-bond acceptors (Lipinski definition) is 9. The molecule has 1 saturated heterocycles. The zero-order valence-electron chi connectivity index (χ0n) is 32.1. The predicted octanol–water partition coefficient (Wildman–Crippen LogP) is 4.54. The van der Waals surface area contributed by atoms with E-state index < -0.39 is 79.1 Å². The van der Waals surface area contributed by atoms with Crippen molar-refractivity contribution in [2.45, 2.75) is 95.2 Å². The Labute approximate surface area is 317 Å². The lowest BCUT2D eigenvalue weighted by Crippen LogP contribution is -2.60. The quantitative estimate of drug-likeness (QED) is 0.327. The monoisotopic (exact) mass is 764 g/mol.